The van der Waals surface area contributed by atoms with Gasteiger partial charge < -0.3 is 4.74 Å². The third-order valence-corrected chi connectivity index (χ3v) is 4.48. The van der Waals surface area contributed by atoms with Crippen molar-refractivity contribution < 1.29 is 9.53 Å². The Morgan fingerprint density at radius 2 is 2.00 bits per heavy atom. The van der Waals surface area contributed by atoms with Crippen LogP contribution in [-0.4, -0.2) is 32.2 Å². The molecule has 0 fully saturated rings. The lowest BCUT2D eigenvalue weighted by Crippen LogP contribution is -2.28. The van der Waals surface area contributed by atoms with Crippen molar-refractivity contribution in [2.75, 3.05) is 7.11 Å². The van der Waals surface area contributed by atoms with E-state index in [4.69, 9.17) is 4.74 Å². The van der Waals surface area contributed by atoms with Gasteiger partial charge in [-0.05, 0) is 35.2 Å². The van der Waals surface area contributed by atoms with Crippen LogP contribution in [0.3, 0.4) is 0 Å². The van der Waals surface area contributed by atoms with Crippen LogP contribution in [0.4, 0.5) is 0 Å². The second kappa shape index (κ2) is 8.49. The molecule has 7 nitrogen and oxygen atoms in total. The van der Waals surface area contributed by atoms with Crippen LogP contribution in [0.2, 0.25) is 0 Å². The first-order valence-electron chi connectivity index (χ1n) is 9.66. The third-order valence-electron chi connectivity index (χ3n) is 4.48. The number of carbonyl (C=O) groups is 1. The van der Waals surface area contributed by atoms with Crippen LogP contribution in [0, 0.1) is 5.41 Å². The second-order valence-electron chi connectivity index (χ2n) is 8.27. The van der Waals surface area contributed by atoms with Gasteiger partial charge in [-0.25, -0.2) is 9.78 Å². The number of pyridine rings is 1. The normalized spacial score (nSPS) is 11.3. The minimum atomic E-state index is -0.422. The maximum absolute atomic E-state index is 13.2. The average Bonchev–Trinajstić information content (AvgIpc) is 3.03. The number of hydrogen-bond donors (Lipinski definition) is 0. The van der Waals surface area contributed by atoms with E-state index < -0.39 is 5.69 Å². The topological polar surface area (TPSA) is 79.0 Å². The van der Waals surface area contributed by atoms with E-state index in [1.54, 1.807) is 37.6 Å². The van der Waals surface area contributed by atoms with Gasteiger partial charge in [-0.1, -0.05) is 45.6 Å². The zero-order valence-corrected chi connectivity index (χ0v) is 17.8. The zero-order chi connectivity index (χ0) is 21.9. The SMILES string of the molecule is C=Cc1ccc(-n2nc(-c3cccc(OC)c3)n(CC(=O)CC(C)(C)C)c2=O)nc1. The van der Waals surface area contributed by atoms with E-state index in [2.05, 4.69) is 16.7 Å². The fourth-order valence-electron chi connectivity index (χ4n) is 3.13. The van der Waals surface area contributed by atoms with Crippen molar-refractivity contribution in [2.45, 2.75) is 33.7 Å². The molecule has 0 spiro atoms. The van der Waals surface area contributed by atoms with Crippen LogP contribution in [-0.2, 0) is 11.3 Å². The molecule has 0 radical (unpaired) electrons. The van der Waals surface area contributed by atoms with E-state index in [0.29, 0.717) is 29.4 Å². The quantitative estimate of drug-likeness (QED) is 0.597. The van der Waals surface area contributed by atoms with Crippen molar-refractivity contribution in [3.8, 4) is 23.0 Å². The van der Waals surface area contributed by atoms with Crippen molar-refractivity contribution in [1.29, 1.82) is 0 Å². The van der Waals surface area contributed by atoms with Crippen LogP contribution < -0.4 is 10.4 Å². The Kier molecular flexibility index (Phi) is 6.01. The summed E-state index contributed by atoms with van der Waals surface area (Å²) in [5.41, 5.74) is 0.916. The largest absolute Gasteiger partial charge is 0.497 e. The summed E-state index contributed by atoms with van der Waals surface area (Å²) in [7, 11) is 1.57. The Bertz CT molecular complexity index is 1120. The van der Waals surface area contributed by atoms with E-state index in [0.717, 1.165) is 5.56 Å². The molecule has 2 heterocycles. The summed E-state index contributed by atoms with van der Waals surface area (Å²) in [6.45, 7) is 9.62. The number of rotatable bonds is 7. The van der Waals surface area contributed by atoms with Gasteiger partial charge in [0.05, 0.1) is 13.7 Å². The molecule has 0 unspecified atom stereocenters. The number of aromatic nitrogens is 4. The summed E-state index contributed by atoms with van der Waals surface area (Å²) in [4.78, 5) is 30.2. The Morgan fingerprint density at radius 3 is 2.60 bits per heavy atom. The van der Waals surface area contributed by atoms with E-state index in [1.807, 2.05) is 39.0 Å². The first kappa shape index (κ1) is 21.2. The molecule has 0 aliphatic heterocycles. The van der Waals surface area contributed by atoms with Gasteiger partial charge >= 0.3 is 5.69 Å². The lowest BCUT2D eigenvalue weighted by molar-refractivity contribution is -0.121. The van der Waals surface area contributed by atoms with E-state index in [1.165, 1.54) is 9.25 Å². The zero-order valence-electron chi connectivity index (χ0n) is 17.8. The highest BCUT2D eigenvalue weighted by Crippen LogP contribution is 2.23. The maximum Gasteiger partial charge on any atom is 0.352 e. The molecule has 0 aliphatic rings. The van der Waals surface area contributed by atoms with Gasteiger partial charge in [0.1, 0.15) is 5.75 Å². The highest BCUT2D eigenvalue weighted by molar-refractivity contribution is 5.79. The number of ketones is 1. The second-order valence-corrected chi connectivity index (χ2v) is 8.27. The molecule has 0 atom stereocenters. The summed E-state index contributed by atoms with van der Waals surface area (Å²) in [5, 5.41) is 4.50. The number of carbonyl (C=O) groups excluding carboxylic acids is 1. The Morgan fingerprint density at radius 1 is 1.23 bits per heavy atom. The number of ether oxygens (including phenoxy) is 1. The summed E-state index contributed by atoms with van der Waals surface area (Å²) in [6, 6.07) is 10.7. The molecule has 7 heteroatoms. The number of methoxy groups -OCH3 is 1. The highest BCUT2D eigenvalue weighted by Gasteiger charge is 2.22. The van der Waals surface area contributed by atoms with Crippen LogP contribution in [0.25, 0.3) is 23.3 Å². The highest BCUT2D eigenvalue weighted by atomic mass is 16.5. The molecule has 3 rings (SSSR count). The summed E-state index contributed by atoms with van der Waals surface area (Å²) in [5.74, 6) is 1.35. The Hall–Kier alpha value is -3.48. The maximum atomic E-state index is 13.2. The minimum Gasteiger partial charge on any atom is -0.497 e. The number of nitrogens with zero attached hydrogens (tertiary/aromatic N) is 4. The molecule has 0 amide bonds. The fraction of sp³-hybridized carbons (Fsp3) is 0.304. The van der Waals surface area contributed by atoms with Gasteiger partial charge in [0.15, 0.2) is 17.4 Å². The third kappa shape index (κ3) is 4.74. The molecular weight excluding hydrogens is 380 g/mol. The number of Topliss-reactive ketones (excluding diaryl/α,β-unsaturated/α-hetero) is 1. The lowest BCUT2D eigenvalue weighted by atomic mass is 9.90. The van der Waals surface area contributed by atoms with Crippen molar-refractivity contribution >= 4 is 11.9 Å². The minimum absolute atomic E-state index is 0.0386. The molecule has 0 aliphatic carbocycles. The number of benzene rings is 1. The summed E-state index contributed by atoms with van der Waals surface area (Å²) < 4.78 is 7.91. The van der Waals surface area contributed by atoms with Gasteiger partial charge in [-0.3, -0.25) is 9.36 Å². The van der Waals surface area contributed by atoms with Gasteiger partial charge in [0.2, 0.25) is 0 Å². The van der Waals surface area contributed by atoms with Crippen LogP contribution in [0.1, 0.15) is 32.8 Å². The molecule has 0 saturated carbocycles. The monoisotopic (exact) mass is 406 g/mol. The van der Waals surface area contributed by atoms with E-state index in [9.17, 15) is 9.59 Å². The lowest BCUT2D eigenvalue weighted by Gasteiger charge is -2.17. The van der Waals surface area contributed by atoms with E-state index in [-0.39, 0.29) is 17.7 Å². The molecule has 156 valence electrons. The molecular formula is C23H26N4O3. The fourth-order valence-corrected chi connectivity index (χ4v) is 3.13. The standard InChI is InChI=1S/C23H26N4O3/c1-6-16-10-11-20(24-14-16)27-22(29)26(15-18(28)13-23(2,3)4)21(25-27)17-8-7-9-19(12-17)30-5/h6-12,14H,1,13,15H2,2-5H3. The molecule has 1 aromatic carbocycles. The first-order chi connectivity index (χ1) is 14.2. The van der Waals surface area contributed by atoms with Crippen molar-refractivity contribution in [3.63, 3.8) is 0 Å². The Labute approximate surface area is 175 Å². The molecule has 0 N–H and O–H groups in total. The van der Waals surface area contributed by atoms with Crippen molar-refractivity contribution in [3.05, 3.63) is 65.2 Å². The van der Waals surface area contributed by atoms with Gasteiger partial charge in [-0.2, -0.15) is 4.68 Å². The Balaban J connectivity index is 2.11. The smallest absolute Gasteiger partial charge is 0.352 e. The summed E-state index contributed by atoms with van der Waals surface area (Å²) in [6.07, 6.45) is 3.64. The van der Waals surface area contributed by atoms with E-state index >= 15 is 0 Å². The first-order valence-corrected chi connectivity index (χ1v) is 9.66. The molecule has 0 saturated heterocycles. The number of hydrogen-bond acceptors (Lipinski definition) is 5. The van der Waals surface area contributed by atoms with Gasteiger partial charge in [0.25, 0.3) is 0 Å². The summed E-state index contributed by atoms with van der Waals surface area (Å²) >= 11 is 0. The predicted molar refractivity (Wildman–Crippen MR) is 117 cm³/mol. The predicted octanol–water partition coefficient (Wildman–Crippen LogP) is 3.75. The molecule has 0 bridgehead atoms. The molecule has 2 aromatic heterocycles. The van der Waals surface area contributed by atoms with Crippen LogP contribution >= 0.6 is 0 Å². The van der Waals surface area contributed by atoms with Gasteiger partial charge in [-0.15, -0.1) is 5.10 Å². The van der Waals surface area contributed by atoms with Crippen LogP contribution in [0.5, 0.6) is 5.75 Å². The van der Waals surface area contributed by atoms with Crippen LogP contribution in [0.15, 0.2) is 54.0 Å². The van der Waals surface area contributed by atoms with Crippen molar-refractivity contribution in [2.24, 2.45) is 5.41 Å². The van der Waals surface area contributed by atoms with Crippen molar-refractivity contribution in [1.82, 2.24) is 19.3 Å². The van der Waals surface area contributed by atoms with Gasteiger partial charge in [0, 0.05) is 18.2 Å². The molecule has 3 aromatic rings. The average molecular weight is 406 g/mol. The molecule has 30 heavy (non-hydrogen) atoms.